The third-order valence-corrected chi connectivity index (χ3v) is 2.68. The molecule has 0 unspecified atom stereocenters. The van der Waals surface area contributed by atoms with Crippen molar-refractivity contribution in [2.75, 3.05) is 24.2 Å². The molecular weight excluding hydrogens is 176 g/mol. The van der Waals surface area contributed by atoms with Crippen molar-refractivity contribution in [3.8, 4) is 0 Å². The van der Waals surface area contributed by atoms with Gasteiger partial charge >= 0.3 is 0 Å². The Hall–Kier alpha value is -1.32. The monoisotopic (exact) mass is 192 g/mol. The Kier molecular flexibility index (Phi) is 2.27. The first-order valence-electron chi connectivity index (χ1n) is 4.97. The third kappa shape index (κ3) is 2.13. The van der Waals surface area contributed by atoms with Crippen molar-refractivity contribution in [2.24, 2.45) is 5.41 Å². The third-order valence-electron chi connectivity index (χ3n) is 2.68. The van der Waals surface area contributed by atoms with E-state index in [1.165, 1.54) is 12.8 Å². The fourth-order valence-corrected chi connectivity index (χ4v) is 1.27. The van der Waals surface area contributed by atoms with Gasteiger partial charge in [0.25, 0.3) is 0 Å². The Labute approximate surface area is 84.2 Å². The Morgan fingerprint density at radius 2 is 2.29 bits per heavy atom. The molecule has 2 N–H and O–H groups in total. The van der Waals surface area contributed by atoms with Gasteiger partial charge in [0, 0.05) is 19.8 Å². The van der Waals surface area contributed by atoms with Crippen molar-refractivity contribution in [3.05, 3.63) is 12.3 Å². The number of aromatic nitrogens is 2. The van der Waals surface area contributed by atoms with E-state index in [4.69, 9.17) is 0 Å². The highest BCUT2D eigenvalue weighted by Crippen LogP contribution is 2.44. The average molecular weight is 192 g/mol. The minimum absolute atomic E-state index is 0.505. The second-order valence-electron chi connectivity index (χ2n) is 4.18. The fraction of sp³-hybridized carbons (Fsp3) is 0.600. The van der Waals surface area contributed by atoms with Crippen molar-refractivity contribution in [1.82, 2.24) is 9.97 Å². The lowest BCUT2D eigenvalue weighted by molar-refractivity contribution is 0.609. The summed E-state index contributed by atoms with van der Waals surface area (Å²) in [6.45, 7) is 3.30. The quantitative estimate of drug-likeness (QED) is 0.762. The highest BCUT2D eigenvalue weighted by atomic mass is 15.1. The molecule has 1 fully saturated rings. The first-order chi connectivity index (χ1) is 6.72. The first-order valence-corrected chi connectivity index (χ1v) is 4.97. The molecule has 76 valence electrons. The number of nitrogens with zero attached hydrogens (tertiary/aromatic N) is 2. The lowest BCUT2D eigenvalue weighted by atomic mass is 10.1. The van der Waals surface area contributed by atoms with Gasteiger partial charge in [-0.2, -0.15) is 4.98 Å². The van der Waals surface area contributed by atoms with Gasteiger partial charge in [0.2, 0.25) is 5.95 Å². The van der Waals surface area contributed by atoms with Crippen LogP contribution in [0.2, 0.25) is 0 Å². The van der Waals surface area contributed by atoms with Crippen LogP contribution in [0, 0.1) is 5.41 Å². The van der Waals surface area contributed by atoms with Crippen LogP contribution in [-0.2, 0) is 0 Å². The summed E-state index contributed by atoms with van der Waals surface area (Å²) in [6, 6.07) is 1.90. The highest BCUT2D eigenvalue weighted by Gasteiger charge is 2.36. The standard InChI is InChI=1S/C10H16N4/c1-10(4-5-10)7-13-8-3-6-12-9(11-2)14-8/h3,6H,4-5,7H2,1-2H3,(H2,11,12,13,14). The van der Waals surface area contributed by atoms with E-state index >= 15 is 0 Å². The summed E-state index contributed by atoms with van der Waals surface area (Å²) >= 11 is 0. The average Bonchev–Trinajstić information content (AvgIpc) is 2.95. The summed E-state index contributed by atoms with van der Waals surface area (Å²) in [5, 5.41) is 6.25. The van der Waals surface area contributed by atoms with Crippen molar-refractivity contribution >= 4 is 11.8 Å². The zero-order valence-corrected chi connectivity index (χ0v) is 8.67. The van der Waals surface area contributed by atoms with Crippen molar-refractivity contribution in [1.29, 1.82) is 0 Å². The molecular formula is C10H16N4. The molecule has 0 bridgehead atoms. The number of anilines is 2. The molecule has 0 saturated heterocycles. The van der Waals surface area contributed by atoms with Crippen LogP contribution in [0.25, 0.3) is 0 Å². The molecule has 0 aliphatic heterocycles. The smallest absolute Gasteiger partial charge is 0.224 e. The minimum Gasteiger partial charge on any atom is -0.369 e. The molecule has 1 aromatic heterocycles. The molecule has 1 saturated carbocycles. The number of nitrogens with one attached hydrogen (secondary N) is 2. The van der Waals surface area contributed by atoms with Gasteiger partial charge in [0.05, 0.1) is 0 Å². The van der Waals surface area contributed by atoms with Crippen LogP contribution < -0.4 is 10.6 Å². The Morgan fingerprint density at radius 3 is 2.93 bits per heavy atom. The van der Waals surface area contributed by atoms with Crippen LogP contribution in [0.4, 0.5) is 11.8 Å². The molecule has 0 amide bonds. The molecule has 4 heteroatoms. The predicted molar refractivity (Wildman–Crippen MR) is 57.4 cm³/mol. The minimum atomic E-state index is 0.505. The number of hydrogen-bond donors (Lipinski definition) is 2. The zero-order valence-electron chi connectivity index (χ0n) is 8.67. The van der Waals surface area contributed by atoms with E-state index in [-0.39, 0.29) is 0 Å². The molecule has 0 atom stereocenters. The SMILES string of the molecule is CNc1nccc(NCC2(C)CC2)n1. The van der Waals surface area contributed by atoms with Gasteiger partial charge in [-0.3, -0.25) is 0 Å². The molecule has 0 spiro atoms. The van der Waals surface area contributed by atoms with Crippen LogP contribution in [0.1, 0.15) is 19.8 Å². The highest BCUT2D eigenvalue weighted by molar-refractivity contribution is 5.39. The summed E-state index contributed by atoms with van der Waals surface area (Å²) in [4.78, 5) is 8.34. The number of hydrogen-bond acceptors (Lipinski definition) is 4. The van der Waals surface area contributed by atoms with Crippen LogP contribution in [-0.4, -0.2) is 23.6 Å². The van der Waals surface area contributed by atoms with Gasteiger partial charge in [-0.15, -0.1) is 0 Å². The second-order valence-corrected chi connectivity index (χ2v) is 4.18. The molecule has 0 radical (unpaired) electrons. The molecule has 2 rings (SSSR count). The van der Waals surface area contributed by atoms with Crippen molar-refractivity contribution in [2.45, 2.75) is 19.8 Å². The zero-order chi connectivity index (χ0) is 10.0. The van der Waals surface area contributed by atoms with Gasteiger partial charge in [-0.1, -0.05) is 6.92 Å². The summed E-state index contributed by atoms with van der Waals surface area (Å²) in [5.74, 6) is 1.56. The van der Waals surface area contributed by atoms with E-state index < -0.39 is 0 Å². The Bertz CT molecular complexity index is 320. The van der Waals surface area contributed by atoms with Gasteiger partial charge in [-0.25, -0.2) is 4.98 Å². The second kappa shape index (κ2) is 3.44. The molecule has 1 aliphatic carbocycles. The van der Waals surface area contributed by atoms with Crippen LogP contribution in [0.15, 0.2) is 12.3 Å². The first kappa shape index (κ1) is 9.24. The van der Waals surface area contributed by atoms with E-state index in [1.54, 1.807) is 6.20 Å². The summed E-state index contributed by atoms with van der Waals surface area (Å²) < 4.78 is 0. The van der Waals surface area contributed by atoms with Crippen LogP contribution in [0.3, 0.4) is 0 Å². The predicted octanol–water partition coefficient (Wildman–Crippen LogP) is 1.73. The maximum atomic E-state index is 4.29. The fourth-order valence-electron chi connectivity index (χ4n) is 1.27. The molecule has 1 heterocycles. The van der Waals surface area contributed by atoms with Gasteiger partial charge in [0.1, 0.15) is 5.82 Å². The van der Waals surface area contributed by atoms with E-state index in [2.05, 4.69) is 27.5 Å². The summed E-state index contributed by atoms with van der Waals surface area (Å²) in [6.07, 6.45) is 4.41. The summed E-state index contributed by atoms with van der Waals surface area (Å²) in [5.41, 5.74) is 0.505. The Morgan fingerprint density at radius 1 is 1.50 bits per heavy atom. The molecule has 1 aliphatic rings. The topological polar surface area (TPSA) is 49.8 Å². The number of rotatable bonds is 4. The van der Waals surface area contributed by atoms with E-state index in [0.717, 1.165) is 12.4 Å². The molecule has 4 nitrogen and oxygen atoms in total. The molecule has 1 aromatic rings. The normalized spacial score (nSPS) is 17.6. The maximum absolute atomic E-state index is 4.29. The summed E-state index contributed by atoms with van der Waals surface area (Å²) in [7, 11) is 1.82. The van der Waals surface area contributed by atoms with Gasteiger partial charge in [0.15, 0.2) is 0 Å². The maximum Gasteiger partial charge on any atom is 0.224 e. The van der Waals surface area contributed by atoms with Gasteiger partial charge in [-0.05, 0) is 24.3 Å². The Balaban J connectivity index is 1.94. The van der Waals surface area contributed by atoms with Crippen LogP contribution >= 0.6 is 0 Å². The van der Waals surface area contributed by atoms with E-state index in [0.29, 0.717) is 11.4 Å². The van der Waals surface area contributed by atoms with E-state index in [9.17, 15) is 0 Å². The van der Waals surface area contributed by atoms with Gasteiger partial charge < -0.3 is 10.6 Å². The van der Waals surface area contributed by atoms with Crippen molar-refractivity contribution < 1.29 is 0 Å². The van der Waals surface area contributed by atoms with Crippen molar-refractivity contribution in [3.63, 3.8) is 0 Å². The molecule has 14 heavy (non-hydrogen) atoms. The largest absolute Gasteiger partial charge is 0.369 e. The van der Waals surface area contributed by atoms with Crippen LogP contribution in [0.5, 0.6) is 0 Å². The van der Waals surface area contributed by atoms with E-state index in [1.807, 2.05) is 13.1 Å². The molecule has 0 aromatic carbocycles. The lowest BCUT2D eigenvalue weighted by Gasteiger charge is -2.10. The lowest BCUT2D eigenvalue weighted by Crippen LogP contribution is -2.13.